The van der Waals surface area contributed by atoms with Crippen molar-refractivity contribution in [2.45, 2.75) is 45.1 Å². The summed E-state index contributed by atoms with van der Waals surface area (Å²) in [6.07, 6.45) is 4.82. The van der Waals surface area contributed by atoms with Gasteiger partial charge in [-0.3, -0.25) is 9.59 Å². The van der Waals surface area contributed by atoms with Crippen LogP contribution in [0, 0.1) is 0 Å². The highest BCUT2D eigenvalue weighted by atomic mass is 79.9. The Morgan fingerprint density at radius 1 is 1.33 bits per heavy atom. The van der Waals surface area contributed by atoms with Crippen LogP contribution in [0.2, 0.25) is 0 Å². The lowest BCUT2D eigenvalue weighted by Crippen LogP contribution is -2.39. The van der Waals surface area contributed by atoms with E-state index < -0.39 is 0 Å². The number of nitrogens with zero attached hydrogens (tertiary/aromatic N) is 1. The van der Waals surface area contributed by atoms with E-state index in [0.29, 0.717) is 19.0 Å². The van der Waals surface area contributed by atoms with Crippen molar-refractivity contribution in [1.82, 2.24) is 4.90 Å². The maximum absolute atomic E-state index is 12.0. The molecule has 1 aliphatic rings. The molecule has 114 valence electrons. The van der Waals surface area contributed by atoms with Gasteiger partial charge in [0.05, 0.1) is 0 Å². The van der Waals surface area contributed by atoms with E-state index in [1.165, 1.54) is 12.8 Å². The Bertz CT molecular complexity index is 513. The number of carbonyl (C=O) groups is 2. The van der Waals surface area contributed by atoms with Crippen molar-refractivity contribution in [3.05, 3.63) is 28.7 Å². The van der Waals surface area contributed by atoms with Crippen molar-refractivity contribution >= 4 is 33.4 Å². The third-order valence-electron chi connectivity index (χ3n) is 3.86. The van der Waals surface area contributed by atoms with E-state index in [9.17, 15) is 9.59 Å². The van der Waals surface area contributed by atoms with Gasteiger partial charge in [0.1, 0.15) is 0 Å². The van der Waals surface area contributed by atoms with Gasteiger partial charge in [-0.05, 0) is 31.0 Å². The molecule has 0 radical (unpaired) electrons. The number of benzene rings is 1. The third kappa shape index (κ3) is 4.84. The molecule has 5 heteroatoms. The molecule has 4 nitrogen and oxygen atoms in total. The van der Waals surface area contributed by atoms with Gasteiger partial charge in [-0.2, -0.15) is 0 Å². The first-order valence-corrected chi connectivity index (χ1v) is 8.18. The van der Waals surface area contributed by atoms with Crippen molar-refractivity contribution < 1.29 is 9.59 Å². The molecule has 0 unspecified atom stereocenters. The number of halogens is 1. The first-order chi connectivity index (χ1) is 10.1. The Hall–Kier alpha value is -1.36. The van der Waals surface area contributed by atoms with Crippen LogP contribution in [0.4, 0.5) is 5.69 Å². The summed E-state index contributed by atoms with van der Waals surface area (Å²) < 4.78 is 0.927. The summed E-state index contributed by atoms with van der Waals surface area (Å²) in [7, 11) is 0. The zero-order valence-electron chi connectivity index (χ0n) is 12.3. The maximum Gasteiger partial charge on any atom is 0.226 e. The molecule has 1 saturated carbocycles. The van der Waals surface area contributed by atoms with Crippen LogP contribution in [0.15, 0.2) is 28.7 Å². The Labute approximate surface area is 134 Å². The minimum absolute atomic E-state index is 0.0580. The van der Waals surface area contributed by atoms with Crippen LogP contribution >= 0.6 is 15.9 Å². The molecule has 1 fully saturated rings. The van der Waals surface area contributed by atoms with Crippen LogP contribution in [0.3, 0.4) is 0 Å². The second-order valence-electron chi connectivity index (χ2n) is 5.46. The SMILES string of the molecule is CC(=O)N(CCC(=O)Nc1cccc(Br)c1)C1CCCC1. The van der Waals surface area contributed by atoms with Crippen LogP contribution in [0.25, 0.3) is 0 Å². The fourth-order valence-electron chi connectivity index (χ4n) is 2.82. The average Bonchev–Trinajstić information content (AvgIpc) is 2.92. The van der Waals surface area contributed by atoms with E-state index in [-0.39, 0.29) is 11.8 Å². The van der Waals surface area contributed by atoms with Crippen LogP contribution < -0.4 is 5.32 Å². The fraction of sp³-hybridized carbons (Fsp3) is 0.500. The van der Waals surface area contributed by atoms with Crippen molar-refractivity contribution in [3.63, 3.8) is 0 Å². The molecule has 0 atom stereocenters. The molecule has 0 saturated heterocycles. The summed E-state index contributed by atoms with van der Waals surface area (Å²) in [5.74, 6) is 0.00880. The average molecular weight is 353 g/mol. The quantitative estimate of drug-likeness (QED) is 0.880. The first-order valence-electron chi connectivity index (χ1n) is 7.39. The molecule has 2 amide bonds. The molecule has 0 aromatic heterocycles. The molecule has 1 aromatic carbocycles. The van der Waals surface area contributed by atoms with Crippen LogP contribution in [0.5, 0.6) is 0 Å². The van der Waals surface area contributed by atoms with Crippen LogP contribution in [-0.2, 0) is 9.59 Å². The Morgan fingerprint density at radius 3 is 2.67 bits per heavy atom. The van der Waals surface area contributed by atoms with Gasteiger partial charge in [0, 0.05) is 36.1 Å². The zero-order valence-corrected chi connectivity index (χ0v) is 13.9. The van der Waals surface area contributed by atoms with Gasteiger partial charge >= 0.3 is 0 Å². The first kappa shape index (κ1) is 16.0. The van der Waals surface area contributed by atoms with Gasteiger partial charge in [-0.15, -0.1) is 0 Å². The number of amides is 2. The van der Waals surface area contributed by atoms with Gasteiger partial charge in [-0.25, -0.2) is 0 Å². The molecule has 0 aliphatic heterocycles. The normalized spacial score (nSPS) is 15.0. The van der Waals surface area contributed by atoms with Gasteiger partial charge < -0.3 is 10.2 Å². The molecule has 2 rings (SSSR count). The second-order valence-corrected chi connectivity index (χ2v) is 6.37. The summed E-state index contributed by atoms with van der Waals surface area (Å²) in [5.41, 5.74) is 0.768. The van der Waals surface area contributed by atoms with E-state index >= 15 is 0 Å². The minimum atomic E-state index is -0.0580. The summed E-state index contributed by atoms with van der Waals surface area (Å²) in [6, 6.07) is 7.81. The molecule has 0 spiro atoms. The van der Waals surface area contributed by atoms with Crippen molar-refractivity contribution in [2.24, 2.45) is 0 Å². The fourth-order valence-corrected chi connectivity index (χ4v) is 3.22. The van der Waals surface area contributed by atoms with E-state index in [0.717, 1.165) is 23.0 Å². The molecule has 0 bridgehead atoms. The lowest BCUT2D eigenvalue weighted by molar-refractivity contribution is -0.131. The van der Waals surface area contributed by atoms with Gasteiger partial charge in [0.2, 0.25) is 11.8 Å². The molecule has 1 N–H and O–H groups in total. The number of carbonyl (C=O) groups excluding carboxylic acids is 2. The van der Waals surface area contributed by atoms with E-state index in [1.807, 2.05) is 29.2 Å². The summed E-state index contributed by atoms with van der Waals surface area (Å²) >= 11 is 3.37. The lowest BCUT2D eigenvalue weighted by Gasteiger charge is -2.27. The molecular weight excluding hydrogens is 332 g/mol. The van der Waals surface area contributed by atoms with Crippen molar-refractivity contribution in [2.75, 3.05) is 11.9 Å². The molecular formula is C16H21BrN2O2. The number of rotatable bonds is 5. The van der Waals surface area contributed by atoms with E-state index in [4.69, 9.17) is 0 Å². The maximum atomic E-state index is 12.0. The number of hydrogen-bond donors (Lipinski definition) is 1. The van der Waals surface area contributed by atoms with Gasteiger partial charge in [0.15, 0.2) is 0 Å². The number of hydrogen-bond acceptors (Lipinski definition) is 2. The zero-order chi connectivity index (χ0) is 15.2. The molecule has 21 heavy (non-hydrogen) atoms. The van der Waals surface area contributed by atoms with E-state index in [2.05, 4.69) is 21.2 Å². The monoisotopic (exact) mass is 352 g/mol. The standard InChI is InChI=1S/C16H21BrN2O2/c1-12(20)19(15-7-2-3-8-15)10-9-16(21)18-14-6-4-5-13(17)11-14/h4-6,11,15H,2-3,7-10H2,1H3,(H,18,21). The second kappa shape index (κ2) is 7.59. The van der Waals surface area contributed by atoms with Gasteiger partial charge in [-0.1, -0.05) is 34.8 Å². The highest BCUT2D eigenvalue weighted by Crippen LogP contribution is 2.24. The Morgan fingerprint density at radius 2 is 2.05 bits per heavy atom. The van der Waals surface area contributed by atoms with Crippen LogP contribution in [0.1, 0.15) is 39.0 Å². The Kier molecular flexibility index (Phi) is 5.79. The molecule has 1 aliphatic carbocycles. The summed E-state index contributed by atoms with van der Waals surface area (Å²) in [6.45, 7) is 2.09. The van der Waals surface area contributed by atoms with E-state index in [1.54, 1.807) is 6.92 Å². The molecule has 1 aromatic rings. The Balaban J connectivity index is 1.85. The predicted molar refractivity (Wildman–Crippen MR) is 87.0 cm³/mol. The van der Waals surface area contributed by atoms with Gasteiger partial charge in [0.25, 0.3) is 0 Å². The molecule has 0 heterocycles. The topological polar surface area (TPSA) is 49.4 Å². The highest BCUT2D eigenvalue weighted by Gasteiger charge is 2.24. The summed E-state index contributed by atoms with van der Waals surface area (Å²) in [5, 5.41) is 2.86. The van der Waals surface area contributed by atoms with Crippen molar-refractivity contribution in [3.8, 4) is 0 Å². The largest absolute Gasteiger partial charge is 0.339 e. The number of nitrogens with one attached hydrogen (secondary N) is 1. The predicted octanol–water partition coefficient (Wildman–Crippen LogP) is 3.57. The number of anilines is 1. The minimum Gasteiger partial charge on any atom is -0.339 e. The lowest BCUT2D eigenvalue weighted by atomic mass is 10.2. The summed E-state index contributed by atoms with van der Waals surface area (Å²) in [4.78, 5) is 25.6. The smallest absolute Gasteiger partial charge is 0.226 e. The highest BCUT2D eigenvalue weighted by molar-refractivity contribution is 9.10. The third-order valence-corrected chi connectivity index (χ3v) is 4.35. The van der Waals surface area contributed by atoms with Crippen molar-refractivity contribution in [1.29, 1.82) is 0 Å². The van der Waals surface area contributed by atoms with Crippen LogP contribution in [-0.4, -0.2) is 29.3 Å².